The van der Waals surface area contributed by atoms with Crippen LogP contribution in [0.3, 0.4) is 0 Å². The molecule has 0 aliphatic carbocycles. The Balaban J connectivity index is 1.47. The van der Waals surface area contributed by atoms with Crippen LogP contribution in [0.4, 0.5) is 5.82 Å². The highest BCUT2D eigenvalue weighted by atomic mass is 16.2. The molecule has 2 aliphatic rings. The number of nitrogens with zero attached hydrogens (tertiary/aromatic N) is 4. The maximum atomic E-state index is 13.6. The van der Waals surface area contributed by atoms with Crippen molar-refractivity contribution < 1.29 is 9.59 Å². The Morgan fingerprint density at radius 2 is 1.54 bits per heavy atom. The molecule has 2 saturated heterocycles. The molecule has 0 saturated carbocycles. The molecule has 0 spiro atoms. The van der Waals surface area contributed by atoms with E-state index < -0.39 is 5.92 Å². The Morgan fingerprint density at radius 3 is 2.26 bits per heavy atom. The standard InChI is InChI=1S/C29H30N4O2/c1-31-15-17-32(18-16-31)27-14-8-13-24(30-27)19-25-28(34)26(23-11-6-3-7-12-23)21-33(29(25)35)20-22-9-4-2-5-10-22/h2-14,19,26H,15-18,20-21H2,1H3/b25-19+. The number of aromatic nitrogens is 1. The molecular weight excluding hydrogens is 436 g/mol. The lowest BCUT2D eigenvalue weighted by atomic mass is 9.85. The molecule has 1 aromatic heterocycles. The van der Waals surface area contributed by atoms with Gasteiger partial charge in [-0.2, -0.15) is 0 Å². The zero-order chi connectivity index (χ0) is 24.2. The summed E-state index contributed by atoms with van der Waals surface area (Å²) in [5.74, 6) is 0.101. The fraction of sp³-hybridized carbons (Fsp3) is 0.276. The lowest BCUT2D eigenvalue weighted by Gasteiger charge is -2.34. The van der Waals surface area contributed by atoms with E-state index >= 15 is 0 Å². The number of anilines is 1. The monoisotopic (exact) mass is 466 g/mol. The third-order valence-corrected chi connectivity index (χ3v) is 6.80. The van der Waals surface area contributed by atoms with Crippen LogP contribution in [0.5, 0.6) is 0 Å². The summed E-state index contributed by atoms with van der Waals surface area (Å²) in [5.41, 5.74) is 2.79. The Hall–Kier alpha value is -3.77. The smallest absolute Gasteiger partial charge is 0.257 e. The summed E-state index contributed by atoms with van der Waals surface area (Å²) in [5, 5.41) is 0. The molecule has 35 heavy (non-hydrogen) atoms. The number of carbonyl (C=O) groups is 2. The van der Waals surface area contributed by atoms with Gasteiger partial charge in [0.05, 0.1) is 17.2 Å². The Kier molecular flexibility index (Phi) is 6.73. The molecule has 1 unspecified atom stereocenters. The van der Waals surface area contributed by atoms with Crippen LogP contribution >= 0.6 is 0 Å². The highest BCUT2D eigenvalue weighted by Gasteiger charge is 2.38. The number of rotatable bonds is 5. The molecule has 0 N–H and O–H groups in total. The van der Waals surface area contributed by atoms with E-state index in [0.29, 0.717) is 18.8 Å². The number of piperazine rings is 1. The van der Waals surface area contributed by atoms with E-state index in [1.54, 1.807) is 11.0 Å². The molecule has 1 atom stereocenters. The summed E-state index contributed by atoms with van der Waals surface area (Å²) in [6.07, 6.45) is 1.68. The first-order valence-corrected chi connectivity index (χ1v) is 12.1. The van der Waals surface area contributed by atoms with E-state index in [9.17, 15) is 9.59 Å². The van der Waals surface area contributed by atoms with Gasteiger partial charge < -0.3 is 14.7 Å². The van der Waals surface area contributed by atoms with Crippen LogP contribution in [0.15, 0.2) is 84.4 Å². The van der Waals surface area contributed by atoms with Gasteiger partial charge in [-0.3, -0.25) is 9.59 Å². The van der Waals surface area contributed by atoms with E-state index in [1.165, 1.54) is 0 Å². The van der Waals surface area contributed by atoms with Crippen molar-refractivity contribution in [2.75, 3.05) is 44.7 Å². The number of pyridine rings is 1. The minimum Gasteiger partial charge on any atom is -0.354 e. The Bertz CT molecular complexity index is 1220. The molecule has 0 bridgehead atoms. The second-order valence-corrected chi connectivity index (χ2v) is 9.27. The zero-order valence-corrected chi connectivity index (χ0v) is 20.0. The van der Waals surface area contributed by atoms with Gasteiger partial charge in [-0.25, -0.2) is 4.98 Å². The summed E-state index contributed by atoms with van der Waals surface area (Å²) in [4.78, 5) is 38.3. The first kappa shape index (κ1) is 23.0. The molecule has 2 fully saturated rings. The van der Waals surface area contributed by atoms with Gasteiger partial charge in [0, 0.05) is 39.3 Å². The van der Waals surface area contributed by atoms with Gasteiger partial charge in [0.15, 0.2) is 5.78 Å². The highest BCUT2D eigenvalue weighted by Crippen LogP contribution is 2.30. The van der Waals surface area contributed by atoms with E-state index in [-0.39, 0.29) is 17.3 Å². The predicted molar refractivity (Wildman–Crippen MR) is 138 cm³/mol. The second-order valence-electron chi connectivity index (χ2n) is 9.27. The van der Waals surface area contributed by atoms with Crippen molar-refractivity contribution >= 4 is 23.6 Å². The molecule has 5 rings (SSSR count). The highest BCUT2D eigenvalue weighted by molar-refractivity contribution is 6.25. The van der Waals surface area contributed by atoms with Gasteiger partial charge >= 0.3 is 0 Å². The van der Waals surface area contributed by atoms with Crippen LogP contribution in [0.2, 0.25) is 0 Å². The van der Waals surface area contributed by atoms with Gasteiger partial charge in [0.25, 0.3) is 5.91 Å². The van der Waals surface area contributed by atoms with Gasteiger partial charge in [0.1, 0.15) is 5.82 Å². The van der Waals surface area contributed by atoms with Gasteiger partial charge in [-0.05, 0) is 36.4 Å². The number of hydrogen-bond acceptors (Lipinski definition) is 5. The minimum atomic E-state index is -0.398. The van der Waals surface area contributed by atoms with Crippen LogP contribution in [-0.4, -0.2) is 66.2 Å². The van der Waals surface area contributed by atoms with E-state index in [4.69, 9.17) is 4.98 Å². The predicted octanol–water partition coefficient (Wildman–Crippen LogP) is 3.61. The molecule has 6 heteroatoms. The number of amides is 1. The number of Topliss-reactive ketones (excluding diaryl/α,β-unsaturated/α-hetero) is 1. The van der Waals surface area contributed by atoms with Crippen molar-refractivity contribution in [2.24, 2.45) is 0 Å². The first-order valence-electron chi connectivity index (χ1n) is 12.1. The molecule has 0 radical (unpaired) electrons. The average molecular weight is 467 g/mol. The van der Waals surface area contributed by atoms with Crippen LogP contribution in [0.1, 0.15) is 22.7 Å². The van der Waals surface area contributed by atoms with E-state index in [2.05, 4.69) is 16.8 Å². The molecule has 3 heterocycles. The topological polar surface area (TPSA) is 56.8 Å². The lowest BCUT2D eigenvalue weighted by molar-refractivity contribution is -0.134. The fourth-order valence-electron chi connectivity index (χ4n) is 4.74. The molecule has 2 aliphatic heterocycles. The van der Waals surface area contributed by atoms with Crippen molar-refractivity contribution in [3.8, 4) is 0 Å². The number of piperidine rings is 1. The SMILES string of the molecule is CN1CCN(c2cccc(/C=C3\C(=O)C(c4ccccc4)CN(Cc4ccccc4)C3=O)n2)CC1. The second kappa shape index (κ2) is 10.2. The zero-order valence-electron chi connectivity index (χ0n) is 20.0. The molecule has 6 nitrogen and oxygen atoms in total. The molecule has 178 valence electrons. The van der Waals surface area contributed by atoms with Crippen LogP contribution in [0, 0.1) is 0 Å². The molecule has 3 aromatic rings. The Labute approximate surface area is 206 Å². The lowest BCUT2D eigenvalue weighted by Crippen LogP contribution is -2.45. The fourth-order valence-corrected chi connectivity index (χ4v) is 4.74. The van der Waals surface area contributed by atoms with E-state index in [1.807, 2.05) is 78.9 Å². The molecular formula is C29H30N4O2. The van der Waals surface area contributed by atoms with Crippen LogP contribution in [0.25, 0.3) is 6.08 Å². The number of likely N-dealkylation sites (tertiary alicyclic amines) is 1. The van der Waals surface area contributed by atoms with Crippen molar-refractivity contribution in [3.63, 3.8) is 0 Å². The third kappa shape index (κ3) is 5.17. The van der Waals surface area contributed by atoms with Gasteiger partial charge in [0.2, 0.25) is 0 Å². The summed E-state index contributed by atoms with van der Waals surface area (Å²) >= 11 is 0. The van der Waals surface area contributed by atoms with E-state index in [0.717, 1.165) is 43.1 Å². The normalized spacial score (nSPS) is 20.5. The van der Waals surface area contributed by atoms with Crippen molar-refractivity contribution in [1.82, 2.24) is 14.8 Å². The largest absolute Gasteiger partial charge is 0.354 e. The summed E-state index contributed by atoms with van der Waals surface area (Å²) in [6, 6.07) is 25.4. The number of carbonyl (C=O) groups excluding carboxylic acids is 2. The quantitative estimate of drug-likeness (QED) is 0.425. The number of hydrogen-bond donors (Lipinski definition) is 0. The number of likely N-dealkylation sites (N-methyl/N-ethyl adjacent to an activating group) is 1. The number of benzene rings is 2. The number of ketones is 1. The summed E-state index contributed by atoms with van der Waals surface area (Å²) in [6.45, 7) is 4.60. The van der Waals surface area contributed by atoms with Crippen LogP contribution in [-0.2, 0) is 16.1 Å². The molecule has 1 amide bonds. The van der Waals surface area contributed by atoms with Crippen molar-refractivity contribution in [2.45, 2.75) is 12.5 Å². The summed E-state index contributed by atoms with van der Waals surface area (Å²) < 4.78 is 0. The minimum absolute atomic E-state index is 0.141. The average Bonchev–Trinajstić information content (AvgIpc) is 2.90. The maximum absolute atomic E-state index is 13.6. The van der Waals surface area contributed by atoms with Crippen molar-refractivity contribution in [1.29, 1.82) is 0 Å². The first-order chi connectivity index (χ1) is 17.1. The summed E-state index contributed by atoms with van der Waals surface area (Å²) in [7, 11) is 2.12. The van der Waals surface area contributed by atoms with Crippen LogP contribution < -0.4 is 4.90 Å². The maximum Gasteiger partial charge on any atom is 0.257 e. The Morgan fingerprint density at radius 1 is 0.857 bits per heavy atom. The van der Waals surface area contributed by atoms with Gasteiger partial charge in [-0.15, -0.1) is 0 Å². The van der Waals surface area contributed by atoms with Crippen molar-refractivity contribution in [3.05, 3.63) is 101 Å². The van der Waals surface area contributed by atoms with Gasteiger partial charge in [-0.1, -0.05) is 66.7 Å². The third-order valence-electron chi connectivity index (χ3n) is 6.80. The molecule has 2 aromatic carbocycles.